The third-order valence-electron chi connectivity index (χ3n) is 9.61. The molecule has 3 aliphatic rings. The Bertz CT molecular complexity index is 2050. The van der Waals surface area contributed by atoms with Gasteiger partial charge in [0, 0.05) is 24.4 Å². The highest BCUT2D eigenvalue weighted by atomic mass is 32.3. The van der Waals surface area contributed by atoms with E-state index in [9.17, 15) is 27.9 Å². The number of ether oxygens (including phenoxy) is 1. The van der Waals surface area contributed by atoms with Crippen LogP contribution >= 0.6 is 11.3 Å². The number of fused-ring (bicyclic) bond motifs is 1. The maximum Gasteiger partial charge on any atom is 0.418 e. The van der Waals surface area contributed by atoms with Crippen LogP contribution in [0.1, 0.15) is 44.9 Å². The van der Waals surface area contributed by atoms with Crippen LogP contribution in [0.25, 0.3) is 11.1 Å². The quantitative estimate of drug-likeness (QED) is 0.0386. The molecular weight excluding hydrogens is 735 g/mol. The fourth-order valence-electron chi connectivity index (χ4n) is 6.35. The van der Waals surface area contributed by atoms with Crippen molar-refractivity contribution in [3.05, 3.63) is 47.2 Å². The molecular formula is C32H42N9O10S2+. The van der Waals surface area contributed by atoms with Crippen LogP contribution in [0.15, 0.2) is 41.1 Å². The Labute approximate surface area is 308 Å². The Morgan fingerprint density at radius 3 is 2.66 bits per heavy atom. The van der Waals surface area contributed by atoms with Crippen LogP contribution in [-0.2, 0) is 53.4 Å². The fraction of sp³-hybridized carbons (Fsp3) is 0.500. The normalized spacial score (nSPS) is 21.1. The Balaban J connectivity index is 1.20. The van der Waals surface area contributed by atoms with Gasteiger partial charge in [-0.15, -0.1) is 20.3 Å². The number of carbonyl (C=O) groups excluding carboxylic acids is 2. The first-order valence-electron chi connectivity index (χ1n) is 16.8. The molecule has 2 saturated heterocycles. The molecule has 0 aliphatic carbocycles. The third kappa shape index (κ3) is 7.85. The van der Waals surface area contributed by atoms with E-state index in [4.69, 9.17) is 25.6 Å². The molecule has 21 heteroatoms. The Kier molecular flexibility index (Phi) is 10.5. The van der Waals surface area contributed by atoms with E-state index in [2.05, 4.69) is 46.8 Å². The molecule has 8 N–H and O–H groups in total. The standard InChI is InChI=1S/C32H41N9O10S2/c1-31(2)26(28(43)41(31)51-53(46,47)48)37-27(42)25(22-17-52-30(34)36-22)38-50-32(3,29(44)45)24-8-6-20-11-19(5-7-23(20)49-24)21-15-39(10-4-9-33)40(16-21)14-18-12-35-13-18/h5,7,11,15-18,24,26,35H,4,6,8-10,12-14,33H2,1-3H3,(H4-,34,36,37,42,44,45,46,47,48)/p+1/b38-25-/t24-,26-,32?/m1/s1. The molecule has 0 spiro atoms. The number of nitrogens with one attached hydrogen (secondary N) is 2. The van der Waals surface area contributed by atoms with Crippen molar-refractivity contribution in [1.29, 1.82) is 0 Å². The summed E-state index contributed by atoms with van der Waals surface area (Å²) in [5.74, 6) is -2.36. The van der Waals surface area contributed by atoms with Gasteiger partial charge in [0.2, 0.25) is 6.20 Å². The summed E-state index contributed by atoms with van der Waals surface area (Å²) in [5.41, 5.74) is 10.4. The molecule has 2 amide bonds. The van der Waals surface area contributed by atoms with Crippen LogP contribution in [-0.4, -0.2) is 99.2 Å². The van der Waals surface area contributed by atoms with Crippen molar-refractivity contribution in [3.8, 4) is 16.9 Å². The number of rotatable bonds is 15. The van der Waals surface area contributed by atoms with Crippen molar-refractivity contribution in [1.82, 2.24) is 25.4 Å². The number of amides is 2. The summed E-state index contributed by atoms with van der Waals surface area (Å²) in [6.07, 6.45) is 4.74. The zero-order valence-electron chi connectivity index (χ0n) is 29.2. The number of oxime groups is 1. The van der Waals surface area contributed by atoms with Gasteiger partial charge in [-0.05, 0) is 69.8 Å². The number of nitrogen functional groups attached to an aromatic ring is 1. The van der Waals surface area contributed by atoms with Gasteiger partial charge in [-0.25, -0.2) is 9.78 Å². The summed E-state index contributed by atoms with van der Waals surface area (Å²) >= 11 is 0.976. The van der Waals surface area contributed by atoms with Crippen molar-refractivity contribution in [2.75, 3.05) is 25.4 Å². The second-order valence-electron chi connectivity index (χ2n) is 13.8. The van der Waals surface area contributed by atoms with E-state index < -0.39 is 57.2 Å². The third-order valence-corrected chi connectivity index (χ3v) is 10.6. The number of carboxylic acids is 1. The minimum atomic E-state index is -5.03. The number of nitrogens with zero attached hydrogens (tertiary/aromatic N) is 5. The molecule has 1 aromatic carbocycles. The summed E-state index contributed by atoms with van der Waals surface area (Å²) in [7, 11) is -5.03. The lowest BCUT2D eigenvalue weighted by molar-refractivity contribution is -0.781. The minimum absolute atomic E-state index is 0.0680. The van der Waals surface area contributed by atoms with E-state index in [0.717, 1.165) is 60.6 Å². The molecule has 3 atom stereocenters. The first-order valence-corrected chi connectivity index (χ1v) is 19.1. The Morgan fingerprint density at radius 2 is 2.06 bits per heavy atom. The van der Waals surface area contributed by atoms with Crippen molar-refractivity contribution >= 4 is 50.4 Å². The van der Waals surface area contributed by atoms with Gasteiger partial charge in [-0.1, -0.05) is 11.2 Å². The van der Waals surface area contributed by atoms with E-state index in [-0.39, 0.29) is 17.2 Å². The summed E-state index contributed by atoms with van der Waals surface area (Å²) in [4.78, 5) is 48.7. The molecule has 0 bridgehead atoms. The monoisotopic (exact) mass is 776 g/mol. The number of aliphatic carboxylic acids is 1. The SMILES string of the molecule is CC(O/N=C(\C(=O)N[C@@H]1C(=O)N(OS(=O)(=O)O)C1(C)C)c1csc(N)n1)(C(=O)O)[C@H]1CCc2cc(-c3cn(CCCN)[n+](CC4CNC4)c3)ccc2O1. The smallest absolute Gasteiger partial charge is 0.418 e. The van der Waals surface area contributed by atoms with Crippen molar-refractivity contribution < 1.29 is 51.0 Å². The molecule has 53 heavy (non-hydrogen) atoms. The van der Waals surface area contributed by atoms with Gasteiger partial charge in [0.15, 0.2) is 23.5 Å². The summed E-state index contributed by atoms with van der Waals surface area (Å²) < 4.78 is 46.4. The number of thiazole rings is 1. The predicted octanol–water partition coefficient (Wildman–Crippen LogP) is -0.153. The van der Waals surface area contributed by atoms with Gasteiger partial charge in [-0.3, -0.25) is 14.1 Å². The second-order valence-corrected chi connectivity index (χ2v) is 15.7. The predicted molar refractivity (Wildman–Crippen MR) is 189 cm³/mol. The maximum absolute atomic E-state index is 13.5. The molecule has 286 valence electrons. The van der Waals surface area contributed by atoms with Gasteiger partial charge in [0.05, 0.1) is 23.8 Å². The number of aryl methyl sites for hydroxylation is 2. The number of β-lactam (4-membered cyclic amide) rings is 1. The molecule has 2 aromatic heterocycles. The number of carbonyl (C=O) groups is 3. The fourth-order valence-corrected chi connectivity index (χ4v) is 7.35. The topological polar surface area (TPSA) is 267 Å². The molecule has 3 aliphatic heterocycles. The summed E-state index contributed by atoms with van der Waals surface area (Å²) in [6, 6.07) is 4.40. The second kappa shape index (κ2) is 14.6. The highest BCUT2D eigenvalue weighted by molar-refractivity contribution is 7.80. The molecule has 2 fully saturated rings. The summed E-state index contributed by atoms with van der Waals surface area (Å²) in [5, 5.41) is 21.9. The first kappa shape index (κ1) is 38.1. The number of benzene rings is 1. The van der Waals surface area contributed by atoms with Crippen LogP contribution in [0.2, 0.25) is 0 Å². The van der Waals surface area contributed by atoms with E-state index in [0.29, 0.717) is 29.7 Å². The molecule has 1 unspecified atom stereocenters. The number of hydroxylamine groups is 2. The van der Waals surface area contributed by atoms with Gasteiger partial charge in [0.25, 0.3) is 17.4 Å². The van der Waals surface area contributed by atoms with Gasteiger partial charge in [-0.2, -0.15) is 18.2 Å². The van der Waals surface area contributed by atoms with E-state index in [1.54, 1.807) is 6.07 Å². The van der Waals surface area contributed by atoms with Gasteiger partial charge in [0.1, 0.15) is 17.5 Å². The lowest BCUT2D eigenvalue weighted by atomic mass is 9.84. The molecule has 3 aromatic rings. The number of carboxylic acid groups (broad SMARTS) is 1. The zero-order valence-corrected chi connectivity index (χ0v) is 30.9. The Morgan fingerprint density at radius 1 is 1.30 bits per heavy atom. The molecule has 19 nitrogen and oxygen atoms in total. The molecule has 0 radical (unpaired) electrons. The van der Waals surface area contributed by atoms with Gasteiger partial charge < -0.3 is 36.8 Å². The van der Waals surface area contributed by atoms with E-state index >= 15 is 0 Å². The number of nitrogens with two attached hydrogens (primary N) is 2. The average molecular weight is 777 g/mol. The lowest BCUT2D eigenvalue weighted by Gasteiger charge is -2.50. The van der Waals surface area contributed by atoms with E-state index in [1.165, 1.54) is 26.2 Å². The van der Waals surface area contributed by atoms with Crippen LogP contribution < -0.4 is 31.5 Å². The summed E-state index contributed by atoms with van der Waals surface area (Å²) in [6.45, 7) is 8.28. The Hall–Kier alpha value is -4.67. The van der Waals surface area contributed by atoms with Crippen LogP contribution in [0.3, 0.4) is 0 Å². The first-order chi connectivity index (χ1) is 25.0. The van der Waals surface area contributed by atoms with Crippen molar-refractivity contribution in [2.24, 2.45) is 16.8 Å². The van der Waals surface area contributed by atoms with Crippen molar-refractivity contribution in [3.63, 3.8) is 0 Å². The number of anilines is 1. The van der Waals surface area contributed by atoms with Gasteiger partial charge >= 0.3 is 16.4 Å². The highest BCUT2D eigenvalue weighted by Gasteiger charge is 2.58. The highest BCUT2D eigenvalue weighted by Crippen LogP contribution is 2.37. The molecule has 5 heterocycles. The number of hydrogen-bond acceptors (Lipinski definition) is 14. The maximum atomic E-state index is 13.5. The van der Waals surface area contributed by atoms with E-state index in [1.807, 2.05) is 12.1 Å². The zero-order chi connectivity index (χ0) is 38.3. The average Bonchev–Trinajstić information content (AvgIpc) is 3.71. The minimum Gasteiger partial charge on any atom is -0.485 e. The lowest BCUT2D eigenvalue weighted by Crippen LogP contribution is -2.76. The number of aromatic nitrogens is 3. The largest absolute Gasteiger partial charge is 0.485 e. The molecule has 0 saturated carbocycles. The van der Waals surface area contributed by atoms with Crippen LogP contribution in [0, 0.1) is 5.92 Å². The van der Waals surface area contributed by atoms with Crippen molar-refractivity contribution in [2.45, 2.75) is 76.4 Å². The molecule has 6 rings (SSSR count). The number of hydrogen-bond donors (Lipinski definition) is 6. The van der Waals surface area contributed by atoms with Crippen LogP contribution in [0.4, 0.5) is 5.13 Å². The van der Waals surface area contributed by atoms with Crippen LogP contribution in [0.5, 0.6) is 5.75 Å².